The van der Waals surface area contributed by atoms with E-state index < -0.39 is 0 Å². The standard InChI is InChI=1S/C17H32N6O.HI/c1-6-24-13-14-7-8-23(11-14)17(18-2)19-10-16(21(3)4)15-9-20-22(5)12-15;/h9,12,14,16H,6-8,10-11,13H2,1-5H3,(H,18,19);1H. The van der Waals surface area contributed by atoms with Gasteiger partial charge >= 0.3 is 0 Å². The Balaban J connectivity index is 0.00000312. The van der Waals surface area contributed by atoms with Crippen LogP contribution in [-0.2, 0) is 11.8 Å². The normalized spacial score (nSPS) is 19.2. The van der Waals surface area contributed by atoms with E-state index in [0.717, 1.165) is 38.8 Å². The smallest absolute Gasteiger partial charge is 0.193 e. The zero-order valence-corrected chi connectivity index (χ0v) is 18.4. The Bertz CT molecular complexity index is 533. The molecule has 2 rings (SSSR count). The van der Waals surface area contributed by atoms with Gasteiger partial charge < -0.3 is 19.9 Å². The number of halogens is 1. The minimum Gasteiger partial charge on any atom is -0.381 e. The van der Waals surface area contributed by atoms with E-state index in [1.54, 1.807) is 0 Å². The van der Waals surface area contributed by atoms with Gasteiger partial charge in [-0.1, -0.05) is 0 Å². The Morgan fingerprint density at radius 2 is 2.28 bits per heavy atom. The second kappa shape index (κ2) is 11.0. The number of ether oxygens (including phenoxy) is 1. The van der Waals surface area contributed by atoms with Gasteiger partial charge in [0, 0.05) is 58.0 Å². The fraction of sp³-hybridized carbons (Fsp3) is 0.765. The van der Waals surface area contributed by atoms with Crippen LogP contribution in [0.4, 0.5) is 0 Å². The molecule has 0 spiro atoms. The summed E-state index contributed by atoms with van der Waals surface area (Å²) in [5.41, 5.74) is 1.21. The van der Waals surface area contributed by atoms with Crippen molar-refractivity contribution in [2.75, 3.05) is 54.0 Å². The van der Waals surface area contributed by atoms with E-state index in [2.05, 4.69) is 45.5 Å². The number of nitrogens with one attached hydrogen (secondary N) is 1. The molecule has 2 unspecified atom stereocenters. The molecule has 0 radical (unpaired) electrons. The Morgan fingerprint density at radius 1 is 1.52 bits per heavy atom. The third kappa shape index (κ3) is 6.41. The van der Waals surface area contributed by atoms with Crippen molar-refractivity contribution in [2.45, 2.75) is 19.4 Å². The number of likely N-dealkylation sites (N-methyl/N-ethyl adjacent to an activating group) is 1. The SMILES string of the molecule is CCOCC1CCN(C(=NC)NCC(c2cnn(C)c2)N(C)C)C1.I. The van der Waals surface area contributed by atoms with Crippen LogP contribution in [0.5, 0.6) is 0 Å². The highest BCUT2D eigenvalue weighted by molar-refractivity contribution is 14.0. The third-order valence-electron chi connectivity index (χ3n) is 4.54. The predicted octanol–water partition coefficient (Wildman–Crippen LogP) is 1.57. The second-order valence-electron chi connectivity index (χ2n) is 6.62. The van der Waals surface area contributed by atoms with Gasteiger partial charge in [-0.05, 0) is 27.4 Å². The number of nitrogens with zero attached hydrogens (tertiary/aromatic N) is 5. The van der Waals surface area contributed by atoms with Gasteiger partial charge in [0.05, 0.1) is 18.8 Å². The first kappa shape index (κ1) is 22.2. The molecule has 0 aliphatic carbocycles. The highest BCUT2D eigenvalue weighted by Gasteiger charge is 2.25. The zero-order valence-electron chi connectivity index (χ0n) is 16.1. The molecule has 8 heteroatoms. The molecule has 1 aliphatic rings. The summed E-state index contributed by atoms with van der Waals surface area (Å²) in [4.78, 5) is 9.01. The average Bonchev–Trinajstić information content (AvgIpc) is 3.18. The first-order valence-electron chi connectivity index (χ1n) is 8.73. The van der Waals surface area contributed by atoms with E-state index in [1.165, 1.54) is 12.0 Å². The molecule has 1 N–H and O–H groups in total. The molecule has 1 aliphatic heterocycles. The van der Waals surface area contributed by atoms with Crippen LogP contribution in [0, 0.1) is 5.92 Å². The van der Waals surface area contributed by atoms with Crippen LogP contribution in [0.15, 0.2) is 17.4 Å². The number of aliphatic imine (C=N–C) groups is 1. The maximum absolute atomic E-state index is 5.57. The van der Waals surface area contributed by atoms with E-state index in [0.29, 0.717) is 5.92 Å². The monoisotopic (exact) mass is 464 g/mol. The van der Waals surface area contributed by atoms with Gasteiger partial charge in [0.2, 0.25) is 0 Å². The minimum absolute atomic E-state index is 0. The van der Waals surface area contributed by atoms with Crippen LogP contribution in [0.2, 0.25) is 0 Å². The number of aromatic nitrogens is 2. The maximum atomic E-state index is 5.57. The van der Waals surface area contributed by atoms with Gasteiger partial charge in [-0.25, -0.2) is 0 Å². The van der Waals surface area contributed by atoms with Crippen molar-refractivity contribution in [3.8, 4) is 0 Å². The molecule has 0 saturated carbocycles. The molecule has 25 heavy (non-hydrogen) atoms. The molecule has 7 nitrogen and oxygen atoms in total. The summed E-state index contributed by atoms with van der Waals surface area (Å²) in [5.74, 6) is 1.58. The Hall–Kier alpha value is -0.870. The Morgan fingerprint density at radius 3 is 2.84 bits per heavy atom. The Labute approximate surface area is 168 Å². The molecular formula is C17H33IN6O. The summed E-state index contributed by atoms with van der Waals surface area (Å²) in [6, 6.07) is 0.261. The molecule has 0 aromatic carbocycles. The molecule has 1 aromatic rings. The van der Waals surface area contributed by atoms with Gasteiger partial charge in [-0.2, -0.15) is 5.10 Å². The Kier molecular flexibility index (Phi) is 9.73. The van der Waals surface area contributed by atoms with Crippen LogP contribution >= 0.6 is 24.0 Å². The number of guanidine groups is 1. The van der Waals surface area contributed by atoms with E-state index in [1.807, 2.05) is 31.9 Å². The van der Waals surface area contributed by atoms with Gasteiger partial charge in [-0.3, -0.25) is 9.67 Å². The maximum Gasteiger partial charge on any atom is 0.193 e. The lowest BCUT2D eigenvalue weighted by atomic mass is 10.1. The molecular weight excluding hydrogens is 431 g/mol. The van der Waals surface area contributed by atoms with Gasteiger partial charge in [0.15, 0.2) is 5.96 Å². The van der Waals surface area contributed by atoms with Crippen LogP contribution in [0.3, 0.4) is 0 Å². The van der Waals surface area contributed by atoms with Gasteiger partial charge in [0.25, 0.3) is 0 Å². The summed E-state index contributed by atoms with van der Waals surface area (Å²) >= 11 is 0. The van der Waals surface area contributed by atoms with Crippen LogP contribution in [0.25, 0.3) is 0 Å². The lowest BCUT2D eigenvalue weighted by Crippen LogP contribution is -2.43. The molecule has 144 valence electrons. The van der Waals surface area contributed by atoms with Crippen molar-refractivity contribution in [2.24, 2.45) is 18.0 Å². The predicted molar refractivity (Wildman–Crippen MR) is 113 cm³/mol. The van der Waals surface area contributed by atoms with Crippen molar-refractivity contribution in [1.29, 1.82) is 0 Å². The van der Waals surface area contributed by atoms with Crippen molar-refractivity contribution in [1.82, 2.24) is 24.9 Å². The van der Waals surface area contributed by atoms with Crippen molar-refractivity contribution >= 4 is 29.9 Å². The van der Waals surface area contributed by atoms with Crippen LogP contribution in [-0.4, -0.2) is 79.5 Å². The lowest BCUT2D eigenvalue weighted by molar-refractivity contribution is 0.114. The van der Waals surface area contributed by atoms with E-state index >= 15 is 0 Å². The number of likely N-dealkylation sites (tertiary alicyclic amines) is 1. The van der Waals surface area contributed by atoms with E-state index in [-0.39, 0.29) is 30.0 Å². The summed E-state index contributed by atoms with van der Waals surface area (Å²) in [6.07, 6.45) is 5.17. The number of rotatable bonds is 7. The van der Waals surface area contributed by atoms with Gasteiger partial charge in [0.1, 0.15) is 0 Å². The molecule has 1 saturated heterocycles. The van der Waals surface area contributed by atoms with Crippen molar-refractivity contribution in [3.63, 3.8) is 0 Å². The molecule has 0 amide bonds. The molecule has 2 heterocycles. The highest BCUT2D eigenvalue weighted by atomic mass is 127. The van der Waals surface area contributed by atoms with Gasteiger partial charge in [-0.15, -0.1) is 24.0 Å². The van der Waals surface area contributed by atoms with Crippen molar-refractivity contribution in [3.05, 3.63) is 18.0 Å². The second-order valence-corrected chi connectivity index (χ2v) is 6.62. The number of hydrogen-bond donors (Lipinski definition) is 1. The fourth-order valence-corrected chi connectivity index (χ4v) is 3.18. The largest absolute Gasteiger partial charge is 0.381 e. The first-order valence-corrected chi connectivity index (χ1v) is 8.73. The molecule has 0 bridgehead atoms. The first-order chi connectivity index (χ1) is 11.5. The number of hydrogen-bond acceptors (Lipinski definition) is 4. The average molecular weight is 464 g/mol. The molecule has 1 aromatic heterocycles. The summed E-state index contributed by atoms with van der Waals surface area (Å²) in [6.45, 7) is 6.54. The molecule has 1 fully saturated rings. The fourth-order valence-electron chi connectivity index (χ4n) is 3.18. The lowest BCUT2D eigenvalue weighted by Gasteiger charge is -2.27. The van der Waals surface area contributed by atoms with Crippen LogP contribution < -0.4 is 5.32 Å². The zero-order chi connectivity index (χ0) is 17.5. The quantitative estimate of drug-likeness (QED) is 0.377. The minimum atomic E-state index is 0. The number of aryl methyl sites for hydroxylation is 1. The summed E-state index contributed by atoms with van der Waals surface area (Å²) in [7, 11) is 7.99. The van der Waals surface area contributed by atoms with E-state index in [9.17, 15) is 0 Å². The highest BCUT2D eigenvalue weighted by Crippen LogP contribution is 2.18. The summed E-state index contributed by atoms with van der Waals surface area (Å²) in [5, 5.41) is 7.82. The van der Waals surface area contributed by atoms with Crippen LogP contribution in [0.1, 0.15) is 24.9 Å². The van der Waals surface area contributed by atoms with Crippen molar-refractivity contribution < 1.29 is 4.74 Å². The van der Waals surface area contributed by atoms with E-state index in [4.69, 9.17) is 4.74 Å². The summed E-state index contributed by atoms with van der Waals surface area (Å²) < 4.78 is 7.41. The molecule has 2 atom stereocenters. The topological polar surface area (TPSA) is 57.9 Å². The third-order valence-corrected chi connectivity index (χ3v) is 4.54.